The van der Waals surface area contributed by atoms with Crippen LogP contribution >= 0.6 is 0 Å². The SMILES string of the molecule is CN(c1cnc(-c2cc(F)c(-c3cnn(C)c3)c3cn[nH]c23)nn1)C1CC2CCC(C1)N2C(=O)OC(C)(C)C. The molecule has 2 saturated heterocycles. The van der Waals surface area contributed by atoms with E-state index in [2.05, 4.69) is 35.4 Å². The van der Waals surface area contributed by atoms with Gasteiger partial charge in [0.2, 0.25) is 0 Å². The van der Waals surface area contributed by atoms with Crippen LogP contribution in [0.4, 0.5) is 15.0 Å². The van der Waals surface area contributed by atoms with Crippen LogP contribution in [0.3, 0.4) is 0 Å². The zero-order valence-electron chi connectivity index (χ0n) is 22.7. The van der Waals surface area contributed by atoms with E-state index in [-0.39, 0.29) is 24.2 Å². The van der Waals surface area contributed by atoms with Crippen LogP contribution in [-0.4, -0.2) is 76.9 Å². The first-order chi connectivity index (χ1) is 18.6. The van der Waals surface area contributed by atoms with Crippen molar-refractivity contribution < 1.29 is 13.9 Å². The monoisotopic (exact) mass is 533 g/mol. The molecule has 0 saturated carbocycles. The zero-order chi connectivity index (χ0) is 27.5. The first-order valence-corrected chi connectivity index (χ1v) is 13.2. The van der Waals surface area contributed by atoms with Gasteiger partial charge >= 0.3 is 6.09 Å². The van der Waals surface area contributed by atoms with Crippen LogP contribution in [0.2, 0.25) is 0 Å². The second-order valence-corrected chi connectivity index (χ2v) is 11.5. The molecule has 2 unspecified atom stereocenters. The number of benzene rings is 1. The number of halogens is 1. The van der Waals surface area contributed by atoms with E-state index < -0.39 is 11.4 Å². The minimum Gasteiger partial charge on any atom is -0.444 e. The molecule has 0 radical (unpaired) electrons. The summed E-state index contributed by atoms with van der Waals surface area (Å²) in [6.45, 7) is 5.68. The highest BCUT2D eigenvalue weighted by atomic mass is 19.1. The van der Waals surface area contributed by atoms with Gasteiger partial charge in [-0.3, -0.25) is 9.78 Å². The molecule has 0 aliphatic carbocycles. The van der Waals surface area contributed by atoms with Crippen molar-refractivity contribution in [1.82, 2.24) is 40.1 Å². The number of H-pyrrole nitrogens is 1. The summed E-state index contributed by atoms with van der Waals surface area (Å²) in [6.07, 6.45) is 10.0. The highest BCUT2D eigenvalue weighted by molar-refractivity contribution is 6.01. The average Bonchev–Trinajstić information content (AvgIpc) is 3.60. The zero-order valence-corrected chi connectivity index (χ0v) is 22.7. The second kappa shape index (κ2) is 9.28. The lowest BCUT2D eigenvalue weighted by Gasteiger charge is -2.42. The molecule has 1 N–H and O–H groups in total. The highest BCUT2D eigenvalue weighted by Crippen LogP contribution is 2.39. The molecule has 0 spiro atoms. The molecule has 2 atom stereocenters. The summed E-state index contributed by atoms with van der Waals surface area (Å²) in [5.74, 6) is 0.518. The van der Waals surface area contributed by atoms with Crippen molar-refractivity contribution in [2.45, 2.75) is 70.2 Å². The molecule has 1 amide bonds. The Hall–Kier alpha value is -4.09. The minimum atomic E-state index is -0.517. The number of carbonyl (C=O) groups excluding carboxylic acids is 1. The number of nitrogens with one attached hydrogen (secondary N) is 1. The van der Waals surface area contributed by atoms with Gasteiger partial charge < -0.3 is 14.5 Å². The number of fused-ring (bicyclic) bond motifs is 3. The molecule has 204 valence electrons. The Morgan fingerprint density at radius 1 is 1.15 bits per heavy atom. The fourth-order valence-electron chi connectivity index (χ4n) is 5.92. The number of hydrogen-bond acceptors (Lipinski definition) is 8. The molecule has 2 fully saturated rings. The molecule has 39 heavy (non-hydrogen) atoms. The first-order valence-electron chi connectivity index (χ1n) is 13.2. The van der Waals surface area contributed by atoms with Crippen molar-refractivity contribution in [2.75, 3.05) is 11.9 Å². The van der Waals surface area contributed by atoms with Gasteiger partial charge in [-0.05, 0) is 52.5 Å². The van der Waals surface area contributed by atoms with Gasteiger partial charge in [0.25, 0.3) is 0 Å². The number of hydrogen-bond donors (Lipinski definition) is 1. The van der Waals surface area contributed by atoms with Gasteiger partial charge in [0.05, 0.1) is 24.1 Å². The number of aromatic amines is 1. The fourth-order valence-corrected chi connectivity index (χ4v) is 5.92. The largest absolute Gasteiger partial charge is 0.444 e. The lowest BCUT2D eigenvalue weighted by molar-refractivity contribution is 0.00596. The van der Waals surface area contributed by atoms with Gasteiger partial charge in [-0.25, -0.2) is 14.2 Å². The van der Waals surface area contributed by atoms with E-state index in [1.807, 2.05) is 32.7 Å². The van der Waals surface area contributed by atoms with Crippen molar-refractivity contribution in [2.24, 2.45) is 7.05 Å². The number of aryl methyl sites for hydroxylation is 1. The van der Waals surface area contributed by atoms with Crippen LogP contribution in [0.15, 0.2) is 30.9 Å². The van der Waals surface area contributed by atoms with E-state index in [1.165, 1.54) is 6.07 Å². The van der Waals surface area contributed by atoms with Gasteiger partial charge in [-0.15, -0.1) is 10.2 Å². The third kappa shape index (κ3) is 4.57. The van der Waals surface area contributed by atoms with Gasteiger partial charge in [0, 0.05) is 60.5 Å². The first kappa shape index (κ1) is 25.2. The number of carbonyl (C=O) groups is 1. The lowest BCUT2D eigenvalue weighted by Crippen LogP contribution is -2.53. The third-order valence-corrected chi connectivity index (χ3v) is 7.69. The van der Waals surface area contributed by atoms with E-state index in [4.69, 9.17) is 4.74 Å². The van der Waals surface area contributed by atoms with E-state index >= 15 is 4.39 Å². The predicted molar refractivity (Wildman–Crippen MR) is 143 cm³/mol. The number of amides is 1. The standard InChI is InChI=1S/C27H32FN9O2/c1-27(2,3)39-26(38)37-16-6-7-17(37)9-18(8-16)36(5)22-13-29-25(34-32-22)19-10-21(28)23(15-11-31-35(4)14-15)20-12-30-33-24(19)20/h10-14,16-18H,6-9H2,1-5H3,(H,30,33). The minimum absolute atomic E-state index is 0.140. The molecule has 3 aromatic heterocycles. The smallest absolute Gasteiger partial charge is 0.410 e. The molecule has 5 heterocycles. The predicted octanol–water partition coefficient (Wildman–Crippen LogP) is 4.32. The van der Waals surface area contributed by atoms with Crippen molar-refractivity contribution in [3.8, 4) is 22.5 Å². The Kier molecular flexibility index (Phi) is 6.00. The van der Waals surface area contributed by atoms with Crippen molar-refractivity contribution >= 4 is 22.8 Å². The van der Waals surface area contributed by atoms with Gasteiger partial charge in [0.15, 0.2) is 11.6 Å². The Bertz CT molecular complexity index is 1510. The Balaban J connectivity index is 1.22. The molecule has 4 aromatic rings. The van der Waals surface area contributed by atoms with Crippen molar-refractivity contribution in [3.05, 3.63) is 36.7 Å². The number of piperidine rings is 1. The van der Waals surface area contributed by atoms with E-state index in [0.29, 0.717) is 39.2 Å². The number of aromatic nitrogens is 7. The average molecular weight is 534 g/mol. The van der Waals surface area contributed by atoms with Crippen LogP contribution in [0, 0.1) is 5.82 Å². The van der Waals surface area contributed by atoms with Gasteiger partial charge in [-0.2, -0.15) is 10.2 Å². The summed E-state index contributed by atoms with van der Waals surface area (Å²) in [5, 5.41) is 20.7. The molecule has 12 heteroatoms. The Morgan fingerprint density at radius 2 is 1.90 bits per heavy atom. The maximum Gasteiger partial charge on any atom is 0.410 e. The number of ether oxygens (including phenoxy) is 1. The normalized spacial score (nSPS) is 21.0. The number of rotatable bonds is 4. The van der Waals surface area contributed by atoms with Crippen LogP contribution in [-0.2, 0) is 11.8 Å². The molecule has 2 aliphatic heterocycles. The summed E-state index contributed by atoms with van der Waals surface area (Å²) in [4.78, 5) is 21.4. The van der Waals surface area contributed by atoms with E-state index in [1.54, 1.807) is 36.5 Å². The van der Waals surface area contributed by atoms with Crippen molar-refractivity contribution in [3.63, 3.8) is 0 Å². The summed E-state index contributed by atoms with van der Waals surface area (Å²) in [6, 6.07) is 1.88. The van der Waals surface area contributed by atoms with Gasteiger partial charge in [-0.1, -0.05) is 0 Å². The summed E-state index contributed by atoms with van der Waals surface area (Å²) < 4.78 is 22.6. The lowest BCUT2D eigenvalue weighted by atomic mass is 9.96. The molecule has 6 rings (SSSR count). The summed E-state index contributed by atoms with van der Waals surface area (Å²) >= 11 is 0. The Morgan fingerprint density at radius 3 is 2.51 bits per heavy atom. The summed E-state index contributed by atoms with van der Waals surface area (Å²) in [7, 11) is 3.77. The third-order valence-electron chi connectivity index (χ3n) is 7.69. The van der Waals surface area contributed by atoms with E-state index in [9.17, 15) is 4.79 Å². The quantitative estimate of drug-likeness (QED) is 0.412. The van der Waals surface area contributed by atoms with Crippen LogP contribution in [0.5, 0.6) is 0 Å². The molecule has 2 bridgehead atoms. The molecule has 2 aliphatic rings. The number of anilines is 1. The van der Waals surface area contributed by atoms with E-state index in [0.717, 1.165) is 25.7 Å². The highest BCUT2D eigenvalue weighted by Gasteiger charge is 2.46. The van der Waals surface area contributed by atoms with Crippen LogP contribution < -0.4 is 4.90 Å². The maximum atomic E-state index is 15.3. The topological polar surface area (TPSA) is 118 Å². The van der Waals surface area contributed by atoms with Crippen LogP contribution in [0.1, 0.15) is 46.5 Å². The molecular formula is C27H32FN9O2. The molecular weight excluding hydrogens is 501 g/mol. The fraction of sp³-hybridized carbons (Fsp3) is 0.481. The Labute approximate surface area is 225 Å². The van der Waals surface area contributed by atoms with Gasteiger partial charge in [0.1, 0.15) is 11.4 Å². The summed E-state index contributed by atoms with van der Waals surface area (Å²) in [5.41, 5.74) is 1.68. The number of nitrogens with zero attached hydrogens (tertiary/aromatic N) is 8. The molecule has 11 nitrogen and oxygen atoms in total. The maximum absolute atomic E-state index is 15.3. The van der Waals surface area contributed by atoms with Crippen molar-refractivity contribution in [1.29, 1.82) is 0 Å². The van der Waals surface area contributed by atoms with Crippen LogP contribution in [0.25, 0.3) is 33.4 Å². The molecule has 1 aromatic carbocycles. The second-order valence-electron chi connectivity index (χ2n) is 11.5.